The summed E-state index contributed by atoms with van der Waals surface area (Å²) in [5.41, 5.74) is 1.66. The Morgan fingerprint density at radius 3 is 2.33 bits per heavy atom. The number of hydrogen-bond acceptors (Lipinski definition) is 4. The quantitative estimate of drug-likeness (QED) is 0.551. The van der Waals surface area contributed by atoms with Crippen LogP contribution < -0.4 is 5.32 Å². The number of nitrogens with one attached hydrogen (secondary N) is 1. The van der Waals surface area contributed by atoms with Crippen LogP contribution in [0.5, 0.6) is 0 Å². The number of halogens is 3. The van der Waals surface area contributed by atoms with E-state index in [1.54, 1.807) is 18.2 Å². The molecule has 0 aliphatic rings. The lowest BCUT2D eigenvalue weighted by Crippen LogP contribution is -2.01. The normalized spacial score (nSPS) is 9.71. The third-order valence-corrected chi connectivity index (χ3v) is 5.08. The maximum Gasteiger partial charge on any atom is 0.159 e. The lowest BCUT2D eigenvalue weighted by Gasteiger charge is -2.12. The molecule has 0 aliphatic carbocycles. The van der Waals surface area contributed by atoms with Gasteiger partial charge in [0.2, 0.25) is 0 Å². The van der Waals surface area contributed by atoms with E-state index in [2.05, 4.69) is 21.2 Å². The zero-order valence-corrected chi connectivity index (χ0v) is 16.1. The number of allylic oxidation sites excluding steroid dienone is 1. The van der Waals surface area contributed by atoms with Crippen molar-refractivity contribution >= 4 is 56.6 Å². The van der Waals surface area contributed by atoms with E-state index < -0.39 is 0 Å². The van der Waals surface area contributed by atoms with Crippen molar-refractivity contribution in [2.24, 2.45) is 0 Å². The average Bonchev–Trinajstić information content (AvgIpc) is 2.57. The molecule has 24 heavy (non-hydrogen) atoms. The summed E-state index contributed by atoms with van der Waals surface area (Å²) in [6.07, 6.45) is 0. The van der Waals surface area contributed by atoms with Gasteiger partial charge < -0.3 is 5.32 Å². The molecular weight excluding hydrogens is 429 g/mol. The number of benzene rings is 2. The van der Waals surface area contributed by atoms with Crippen LogP contribution in [0.15, 0.2) is 57.5 Å². The Kier molecular flexibility index (Phi) is 7.02. The molecular formula is C17H10BrCl2N3S. The Bertz CT molecular complexity index is 836. The zero-order valence-electron chi connectivity index (χ0n) is 12.2. The molecule has 0 unspecified atom stereocenters. The zero-order chi connectivity index (χ0) is 17.5. The van der Waals surface area contributed by atoms with E-state index in [-0.39, 0.29) is 5.57 Å². The number of thioether (sulfide) groups is 1. The first-order chi connectivity index (χ1) is 11.5. The van der Waals surface area contributed by atoms with Crippen molar-refractivity contribution in [3.8, 4) is 12.1 Å². The van der Waals surface area contributed by atoms with Crippen LogP contribution in [-0.2, 0) is 5.75 Å². The Hall–Kier alpha value is -1.63. The van der Waals surface area contributed by atoms with Gasteiger partial charge in [0.25, 0.3) is 0 Å². The van der Waals surface area contributed by atoms with Crippen molar-refractivity contribution in [2.75, 3.05) is 5.32 Å². The molecule has 0 spiro atoms. The molecule has 1 N–H and O–H groups in total. The Morgan fingerprint density at radius 2 is 1.75 bits per heavy atom. The number of nitrogens with zero attached hydrogens (tertiary/aromatic N) is 2. The Labute approximate surface area is 163 Å². The Balaban J connectivity index is 2.23. The number of rotatable bonds is 5. The highest BCUT2D eigenvalue weighted by Gasteiger charge is 2.11. The summed E-state index contributed by atoms with van der Waals surface area (Å²) in [4.78, 5) is 0. The molecule has 0 aromatic heterocycles. The van der Waals surface area contributed by atoms with E-state index in [1.807, 2.05) is 36.4 Å². The topological polar surface area (TPSA) is 59.6 Å². The summed E-state index contributed by atoms with van der Waals surface area (Å²) in [6.45, 7) is 0. The summed E-state index contributed by atoms with van der Waals surface area (Å²) < 4.78 is 0.993. The highest BCUT2D eigenvalue weighted by atomic mass is 79.9. The van der Waals surface area contributed by atoms with Crippen LogP contribution in [0.2, 0.25) is 10.0 Å². The summed E-state index contributed by atoms with van der Waals surface area (Å²) >= 11 is 16.8. The lowest BCUT2D eigenvalue weighted by molar-refractivity contribution is 1.39. The molecule has 7 heteroatoms. The molecule has 2 aromatic rings. The number of hydrogen-bond donors (Lipinski definition) is 1. The summed E-state index contributed by atoms with van der Waals surface area (Å²) in [6, 6.07) is 16.6. The standard InChI is InChI=1S/C17H10BrCl2N3S/c18-13-3-1-11(2-4-13)10-24-17(12(8-21)9-22)23-16-6-5-14(19)7-15(16)20/h1-7,23H,10H2. The molecule has 0 heterocycles. The minimum atomic E-state index is 0.00290. The molecule has 2 rings (SSSR count). The minimum absolute atomic E-state index is 0.00290. The molecule has 0 saturated carbocycles. The van der Waals surface area contributed by atoms with Gasteiger partial charge >= 0.3 is 0 Å². The summed E-state index contributed by atoms with van der Waals surface area (Å²) in [5, 5.41) is 22.8. The van der Waals surface area contributed by atoms with E-state index >= 15 is 0 Å². The first-order valence-electron chi connectivity index (χ1n) is 6.67. The highest BCUT2D eigenvalue weighted by molar-refractivity contribution is 9.10. The largest absolute Gasteiger partial charge is 0.347 e. The van der Waals surface area contributed by atoms with Crippen molar-refractivity contribution in [2.45, 2.75) is 5.75 Å². The lowest BCUT2D eigenvalue weighted by atomic mass is 10.2. The molecule has 0 radical (unpaired) electrons. The molecule has 120 valence electrons. The van der Waals surface area contributed by atoms with Gasteiger partial charge in [0.15, 0.2) is 5.57 Å². The minimum Gasteiger partial charge on any atom is -0.347 e. The van der Waals surface area contributed by atoms with Crippen molar-refractivity contribution in [3.63, 3.8) is 0 Å². The maximum absolute atomic E-state index is 9.18. The van der Waals surface area contributed by atoms with Crippen LogP contribution in [0.3, 0.4) is 0 Å². The van der Waals surface area contributed by atoms with Crippen LogP contribution in [0.4, 0.5) is 5.69 Å². The van der Waals surface area contributed by atoms with Gasteiger partial charge in [-0.3, -0.25) is 0 Å². The monoisotopic (exact) mass is 437 g/mol. The van der Waals surface area contributed by atoms with Gasteiger partial charge in [-0.1, -0.05) is 51.3 Å². The second kappa shape index (κ2) is 9.01. The molecule has 0 bridgehead atoms. The number of nitriles is 2. The van der Waals surface area contributed by atoms with E-state index in [1.165, 1.54) is 11.8 Å². The third-order valence-electron chi connectivity index (χ3n) is 2.93. The van der Waals surface area contributed by atoms with Crippen molar-refractivity contribution < 1.29 is 0 Å². The second-order valence-electron chi connectivity index (χ2n) is 4.59. The van der Waals surface area contributed by atoms with Gasteiger partial charge in [-0.25, -0.2) is 0 Å². The van der Waals surface area contributed by atoms with Crippen LogP contribution in [-0.4, -0.2) is 0 Å². The predicted molar refractivity (Wildman–Crippen MR) is 104 cm³/mol. The van der Waals surface area contributed by atoms with Crippen molar-refractivity contribution in [1.29, 1.82) is 10.5 Å². The average molecular weight is 439 g/mol. The van der Waals surface area contributed by atoms with Gasteiger partial charge in [-0.05, 0) is 35.9 Å². The molecule has 3 nitrogen and oxygen atoms in total. The third kappa shape index (κ3) is 5.19. The van der Waals surface area contributed by atoms with Crippen molar-refractivity contribution in [1.82, 2.24) is 0 Å². The summed E-state index contributed by atoms with van der Waals surface area (Å²) in [5.74, 6) is 0.605. The maximum atomic E-state index is 9.18. The van der Waals surface area contributed by atoms with Crippen molar-refractivity contribution in [3.05, 3.63) is 73.1 Å². The SMILES string of the molecule is N#CC(C#N)=C(Nc1ccc(Cl)cc1Cl)SCc1ccc(Br)cc1. The Morgan fingerprint density at radius 1 is 1.08 bits per heavy atom. The molecule has 0 atom stereocenters. The van der Waals surface area contributed by atoms with E-state index in [0.717, 1.165) is 10.0 Å². The van der Waals surface area contributed by atoms with Gasteiger partial charge in [0.1, 0.15) is 17.2 Å². The van der Waals surface area contributed by atoms with Gasteiger partial charge in [-0.2, -0.15) is 10.5 Å². The van der Waals surface area contributed by atoms with E-state index in [4.69, 9.17) is 23.2 Å². The predicted octanol–water partition coefficient (Wildman–Crippen LogP) is 6.36. The first-order valence-corrected chi connectivity index (χ1v) is 9.20. The van der Waals surface area contributed by atoms with Gasteiger partial charge in [-0.15, -0.1) is 11.8 Å². The van der Waals surface area contributed by atoms with Crippen LogP contribution in [0, 0.1) is 22.7 Å². The smallest absolute Gasteiger partial charge is 0.159 e. The number of anilines is 1. The fourth-order valence-corrected chi connectivity index (χ4v) is 3.39. The van der Waals surface area contributed by atoms with E-state index in [0.29, 0.717) is 26.5 Å². The molecule has 0 fully saturated rings. The molecule has 0 saturated heterocycles. The molecule has 0 amide bonds. The molecule has 0 aliphatic heterocycles. The molecule has 2 aromatic carbocycles. The fraction of sp³-hybridized carbons (Fsp3) is 0.0588. The first kappa shape index (κ1) is 18.7. The van der Waals surface area contributed by atoms with Crippen LogP contribution in [0.1, 0.15) is 5.56 Å². The van der Waals surface area contributed by atoms with Gasteiger partial charge in [0.05, 0.1) is 10.7 Å². The van der Waals surface area contributed by atoms with Gasteiger partial charge in [0, 0.05) is 15.2 Å². The second-order valence-corrected chi connectivity index (χ2v) is 7.34. The summed E-state index contributed by atoms with van der Waals surface area (Å²) in [7, 11) is 0. The fourth-order valence-electron chi connectivity index (χ4n) is 1.75. The highest BCUT2D eigenvalue weighted by Crippen LogP contribution is 2.31. The van der Waals surface area contributed by atoms with Crippen LogP contribution in [0.25, 0.3) is 0 Å². The van der Waals surface area contributed by atoms with E-state index in [9.17, 15) is 10.5 Å². The van der Waals surface area contributed by atoms with Crippen LogP contribution >= 0.6 is 50.9 Å².